The highest BCUT2D eigenvalue weighted by atomic mass is 16.2. The smallest absolute Gasteiger partial charge is 0.274 e. The van der Waals surface area contributed by atoms with Crippen LogP contribution in [0, 0.1) is 0 Å². The molecule has 0 radical (unpaired) electrons. The van der Waals surface area contributed by atoms with Crippen molar-refractivity contribution in [2.24, 2.45) is 0 Å². The van der Waals surface area contributed by atoms with Gasteiger partial charge in [-0.05, 0) is 38.4 Å². The maximum Gasteiger partial charge on any atom is 0.274 e. The molecular formula is C13H18N4O2. The monoisotopic (exact) mass is 262 g/mol. The summed E-state index contributed by atoms with van der Waals surface area (Å²) in [4.78, 5) is 27.5. The Bertz CT molecular complexity index is 501. The lowest BCUT2D eigenvalue weighted by Gasteiger charge is -2.23. The van der Waals surface area contributed by atoms with Crippen LogP contribution >= 0.6 is 0 Å². The number of likely N-dealkylation sites (tertiary alicyclic amines) is 2. The zero-order valence-electron chi connectivity index (χ0n) is 10.8. The van der Waals surface area contributed by atoms with Gasteiger partial charge in [0.15, 0.2) is 0 Å². The van der Waals surface area contributed by atoms with Crippen LogP contribution in [0.25, 0.3) is 0 Å². The van der Waals surface area contributed by atoms with Gasteiger partial charge in [0.2, 0.25) is 0 Å². The first-order chi connectivity index (χ1) is 9.24. The van der Waals surface area contributed by atoms with Crippen molar-refractivity contribution in [3.05, 3.63) is 28.2 Å². The van der Waals surface area contributed by atoms with Gasteiger partial charge in [0, 0.05) is 25.2 Å². The second-order valence-corrected chi connectivity index (χ2v) is 5.24. The standard InChI is InChI=1S/C13H18N4O2/c18-12-4-3-11(14-15-12)13(19)17-8-5-10(9-17)16-6-1-2-7-16/h3-4,10H,1-2,5-9H2,(H,15,18). The van der Waals surface area contributed by atoms with Gasteiger partial charge in [-0.25, -0.2) is 5.10 Å². The molecule has 3 heterocycles. The number of nitrogens with one attached hydrogen (secondary N) is 1. The molecule has 2 aliphatic heterocycles. The molecule has 0 saturated carbocycles. The molecule has 1 amide bonds. The number of aromatic amines is 1. The molecular weight excluding hydrogens is 244 g/mol. The van der Waals surface area contributed by atoms with Crippen LogP contribution in [-0.2, 0) is 0 Å². The fourth-order valence-electron chi connectivity index (χ4n) is 2.96. The summed E-state index contributed by atoms with van der Waals surface area (Å²) in [6.45, 7) is 3.87. The van der Waals surface area contributed by atoms with Crippen molar-refractivity contribution >= 4 is 5.91 Å². The van der Waals surface area contributed by atoms with Gasteiger partial charge in [0.05, 0.1) is 0 Å². The number of rotatable bonds is 2. The first kappa shape index (κ1) is 12.3. The van der Waals surface area contributed by atoms with Crippen molar-refractivity contribution in [3.8, 4) is 0 Å². The Morgan fingerprint density at radius 1 is 1.26 bits per heavy atom. The van der Waals surface area contributed by atoms with E-state index in [1.807, 2.05) is 4.90 Å². The molecule has 0 aliphatic carbocycles. The van der Waals surface area contributed by atoms with Gasteiger partial charge < -0.3 is 4.90 Å². The van der Waals surface area contributed by atoms with Crippen LogP contribution in [0.3, 0.4) is 0 Å². The first-order valence-corrected chi connectivity index (χ1v) is 6.83. The summed E-state index contributed by atoms with van der Waals surface area (Å²) in [7, 11) is 0. The molecule has 2 fully saturated rings. The van der Waals surface area contributed by atoms with E-state index in [1.54, 1.807) is 0 Å². The molecule has 102 valence electrons. The highest BCUT2D eigenvalue weighted by Crippen LogP contribution is 2.21. The van der Waals surface area contributed by atoms with E-state index in [-0.39, 0.29) is 11.5 Å². The van der Waals surface area contributed by atoms with E-state index >= 15 is 0 Å². The van der Waals surface area contributed by atoms with E-state index in [0.717, 1.165) is 32.6 Å². The van der Waals surface area contributed by atoms with Gasteiger partial charge in [0.1, 0.15) is 5.69 Å². The fourth-order valence-corrected chi connectivity index (χ4v) is 2.96. The molecule has 1 aromatic heterocycles. The van der Waals surface area contributed by atoms with Crippen molar-refractivity contribution in [1.82, 2.24) is 20.0 Å². The van der Waals surface area contributed by atoms with Crippen molar-refractivity contribution < 1.29 is 4.79 Å². The average molecular weight is 262 g/mol. The van der Waals surface area contributed by atoms with Crippen LogP contribution < -0.4 is 5.56 Å². The van der Waals surface area contributed by atoms with Crippen molar-refractivity contribution in [2.45, 2.75) is 25.3 Å². The van der Waals surface area contributed by atoms with E-state index in [2.05, 4.69) is 15.1 Å². The summed E-state index contributed by atoms with van der Waals surface area (Å²) in [5.74, 6) is -0.0852. The third-order valence-corrected chi connectivity index (χ3v) is 4.01. The molecule has 6 nitrogen and oxygen atoms in total. The van der Waals surface area contributed by atoms with Crippen LogP contribution in [0.4, 0.5) is 0 Å². The maximum absolute atomic E-state index is 12.2. The first-order valence-electron chi connectivity index (χ1n) is 6.83. The van der Waals surface area contributed by atoms with Gasteiger partial charge in [0.25, 0.3) is 11.5 Å². The third kappa shape index (κ3) is 2.53. The Morgan fingerprint density at radius 2 is 2.05 bits per heavy atom. The summed E-state index contributed by atoms with van der Waals surface area (Å²) >= 11 is 0. The number of H-pyrrole nitrogens is 1. The van der Waals surface area contributed by atoms with Gasteiger partial charge in [-0.2, -0.15) is 5.10 Å². The minimum atomic E-state index is -0.284. The molecule has 1 atom stereocenters. The van der Waals surface area contributed by atoms with E-state index in [0.29, 0.717) is 11.7 Å². The molecule has 1 unspecified atom stereocenters. The molecule has 0 spiro atoms. The number of hydrogen-bond donors (Lipinski definition) is 1. The van der Waals surface area contributed by atoms with Crippen molar-refractivity contribution in [3.63, 3.8) is 0 Å². The molecule has 2 saturated heterocycles. The number of carbonyl (C=O) groups is 1. The third-order valence-electron chi connectivity index (χ3n) is 4.01. The number of carbonyl (C=O) groups excluding carboxylic acids is 1. The Hall–Kier alpha value is -1.69. The molecule has 3 rings (SSSR count). The molecule has 2 aliphatic rings. The zero-order valence-corrected chi connectivity index (χ0v) is 10.8. The van der Waals surface area contributed by atoms with E-state index < -0.39 is 0 Å². The van der Waals surface area contributed by atoms with Gasteiger partial charge >= 0.3 is 0 Å². The highest BCUT2D eigenvalue weighted by molar-refractivity contribution is 5.92. The minimum Gasteiger partial charge on any atom is -0.336 e. The second-order valence-electron chi connectivity index (χ2n) is 5.24. The predicted octanol–water partition coefficient (Wildman–Crippen LogP) is 0.0802. The molecule has 1 N–H and O–H groups in total. The maximum atomic E-state index is 12.2. The second kappa shape index (κ2) is 5.13. The Kier molecular flexibility index (Phi) is 3.33. The SMILES string of the molecule is O=C(c1ccc(=O)[nH]n1)N1CCC(N2CCCC2)C1. The van der Waals surface area contributed by atoms with Crippen LogP contribution in [0.1, 0.15) is 29.8 Å². The Morgan fingerprint density at radius 3 is 2.74 bits per heavy atom. The lowest BCUT2D eigenvalue weighted by atomic mass is 10.2. The summed E-state index contributed by atoms with van der Waals surface area (Å²) < 4.78 is 0. The van der Waals surface area contributed by atoms with Crippen LogP contribution in [-0.4, -0.2) is 58.1 Å². The van der Waals surface area contributed by atoms with E-state index in [1.165, 1.54) is 25.0 Å². The summed E-state index contributed by atoms with van der Waals surface area (Å²) in [5, 5.41) is 6.11. The van der Waals surface area contributed by atoms with Crippen molar-refractivity contribution in [1.29, 1.82) is 0 Å². The minimum absolute atomic E-state index is 0.0852. The van der Waals surface area contributed by atoms with Gasteiger partial charge in [-0.15, -0.1) is 0 Å². The summed E-state index contributed by atoms with van der Waals surface area (Å²) in [6, 6.07) is 3.33. The lowest BCUT2D eigenvalue weighted by molar-refractivity contribution is 0.0773. The highest BCUT2D eigenvalue weighted by Gasteiger charge is 2.32. The number of hydrogen-bond acceptors (Lipinski definition) is 4. The molecule has 6 heteroatoms. The fraction of sp³-hybridized carbons (Fsp3) is 0.615. The summed E-state index contributed by atoms with van der Waals surface area (Å²) in [6.07, 6.45) is 3.58. The summed E-state index contributed by atoms with van der Waals surface area (Å²) in [5.41, 5.74) is 0.0367. The Balaban J connectivity index is 1.65. The predicted molar refractivity (Wildman–Crippen MR) is 70.0 cm³/mol. The largest absolute Gasteiger partial charge is 0.336 e. The Labute approximate surface area is 111 Å². The molecule has 1 aromatic rings. The molecule has 19 heavy (non-hydrogen) atoms. The topological polar surface area (TPSA) is 69.3 Å². The zero-order chi connectivity index (χ0) is 13.2. The quantitative estimate of drug-likeness (QED) is 0.819. The average Bonchev–Trinajstić information content (AvgIpc) is 3.10. The number of nitrogens with zero attached hydrogens (tertiary/aromatic N) is 3. The normalized spacial score (nSPS) is 24.0. The van der Waals surface area contributed by atoms with Crippen LogP contribution in [0.5, 0.6) is 0 Å². The van der Waals surface area contributed by atoms with Crippen LogP contribution in [0.2, 0.25) is 0 Å². The van der Waals surface area contributed by atoms with Gasteiger partial charge in [-0.1, -0.05) is 0 Å². The van der Waals surface area contributed by atoms with E-state index in [4.69, 9.17) is 0 Å². The molecule has 0 bridgehead atoms. The van der Waals surface area contributed by atoms with Crippen molar-refractivity contribution in [2.75, 3.05) is 26.2 Å². The van der Waals surface area contributed by atoms with Crippen LogP contribution in [0.15, 0.2) is 16.9 Å². The van der Waals surface area contributed by atoms with E-state index in [9.17, 15) is 9.59 Å². The lowest BCUT2D eigenvalue weighted by Crippen LogP contribution is -2.37. The number of amides is 1. The number of aromatic nitrogens is 2. The van der Waals surface area contributed by atoms with Gasteiger partial charge in [-0.3, -0.25) is 14.5 Å². The molecule has 0 aromatic carbocycles.